The molecule has 7 nitrogen and oxygen atoms in total. The van der Waals surface area contributed by atoms with Crippen molar-refractivity contribution in [1.29, 1.82) is 0 Å². The summed E-state index contributed by atoms with van der Waals surface area (Å²) in [5.74, 6) is -1.24. The Hall–Kier alpha value is -3.99. The van der Waals surface area contributed by atoms with E-state index in [4.69, 9.17) is 16.3 Å². The smallest absolute Gasteiger partial charge is 0.301 e. The van der Waals surface area contributed by atoms with E-state index in [-0.39, 0.29) is 22.3 Å². The largest absolute Gasteiger partial charge is 0.507 e. The monoisotopic (exact) mass is 593 g/mol. The van der Waals surface area contributed by atoms with Gasteiger partial charge in [-0.2, -0.15) is 0 Å². The molecule has 0 spiro atoms. The number of Topliss-reactive ketones (excluding diaryl/α,β-unsaturated/α-hetero) is 1. The first kappa shape index (κ1) is 27.6. The molecule has 1 unspecified atom stereocenters. The van der Waals surface area contributed by atoms with Crippen molar-refractivity contribution >= 4 is 57.3 Å². The number of ether oxygens (including phenoxy) is 1. The van der Waals surface area contributed by atoms with Gasteiger partial charge in [0.05, 0.1) is 11.6 Å². The Morgan fingerprint density at radius 3 is 2.45 bits per heavy atom. The maximum atomic E-state index is 13.4. The molecule has 0 bridgehead atoms. The highest BCUT2D eigenvalue weighted by Gasteiger charge is 2.48. The number of anilines is 1. The van der Waals surface area contributed by atoms with Crippen molar-refractivity contribution in [2.75, 3.05) is 11.5 Å². The van der Waals surface area contributed by atoms with Crippen LogP contribution < -0.4 is 9.64 Å². The number of hydrogen-bond acceptors (Lipinski definition) is 8. The van der Waals surface area contributed by atoms with Crippen LogP contribution in [0.5, 0.6) is 5.75 Å². The average Bonchev–Trinajstić information content (AvgIpc) is 3.54. The van der Waals surface area contributed by atoms with Crippen LogP contribution in [0.2, 0.25) is 5.02 Å². The first-order chi connectivity index (χ1) is 19.4. The van der Waals surface area contributed by atoms with E-state index in [0.717, 1.165) is 16.9 Å². The maximum Gasteiger partial charge on any atom is 0.301 e. The predicted molar refractivity (Wildman–Crippen MR) is 154 cm³/mol. The molecule has 1 atom stereocenters. The number of benzene rings is 3. The molecule has 0 saturated carbocycles. The standard InChI is InChI=1S/C29H21ClFN3O4S2/c1-2-15-38-22-13-7-18(8-14-22)24-23(25(35)19-5-9-20(30)10-6-19)26(36)27(37)34(24)28-32-33-29(40-28)39-16-17-3-11-21(31)12-4-17/h2-14,24,35H,1,15-16H2/b25-23-. The maximum absolute atomic E-state index is 13.4. The zero-order chi connectivity index (χ0) is 28.2. The summed E-state index contributed by atoms with van der Waals surface area (Å²) in [6.45, 7) is 3.96. The van der Waals surface area contributed by atoms with Crippen molar-refractivity contribution in [2.45, 2.75) is 16.1 Å². The van der Waals surface area contributed by atoms with Gasteiger partial charge in [-0.25, -0.2) is 4.39 Å². The lowest BCUT2D eigenvalue weighted by molar-refractivity contribution is -0.132. The number of halogens is 2. The van der Waals surface area contributed by atoms with Crippen LogP contribution in [0, 0.1) is 5.82 Å². The van der Waals surface area contributed by atoms with Crippen LogP contribution in [0.3, 0.4) is 0 Å². The lowest BCUT2D eigenvalue weighted by Crippen LogP contribution is -2.29. The Bertz CT molecular complexity index is 1590. The summed E-state index contributed by atoms with van der Waals surface area (Å²) >= 11 is 8.52. The number of carbonyl (C=O) groups is 2. The minimum Gasteiger partial charge on any atom is -0.507 e. The summed E-state index contributed by atoms with van der Waals surface area (Å²) in [6.07, 6.45) is 1.62. The van der Waals surface area contributed by atoms with Gasteiger partial charge in [-0.05, 0) is 59.7 Å². The molecule has 1 aliphatic heterocycles. The van der Waals surface area contributed by atoms with E-state index in [1.54, 1.807) is 66.7 Å². The second kappa shape index (κ2) is 12.0. The number of thioether (sulfide) groups is 1. The Morgan fingerprint density at radius 1 is 1.07 bits per heavy atom. The van der Waals surface area contributed by atoms with E-state index in [9.17, 15) is 19.1 Å². The molecule has 1 aliphatic rings. The number of nitrogens with zero attached hydrogens (tertiary/aromatic N) is 3. The zero-order valence-electron chi connectivity index (χ0n) is 20.8. The van der Waals surface area contributed by atoms with E-state index >= 15 is 0 Å². The Kier molecular flexibility index (Phi) is 8.29. The highest BCUT2D eigenvalue weighted by atomic mass is 35.5. The summed E-state index contributed by atoms with van der Waals surface area (Å²) in [7, 11) is 0. The fourth-order valence-electron chi connectivity index (χ4n) is 4.09. The Balaban J connectivity index is 1.52. The summed E-state index contributed by atoms with van der Waals surface area (Å²) in [5, 5.41) is 20.3. The number of ketones is 1. The lowest BCUT2D eigenvalue weighted by Gasteiger charge is -2.22. The Labute approximate surface area is 242 Å². The number of aliphatic hydroxyl groups excluding tert-OH is 1. The van der Waals surface area contributed by atoms with Crippen LogP contribution in [0.1, 0.15) is 22.7 Å². The normalized spacial score (nSPS) is 16.4. The molecule has 1 amide bonds. The molecule has 1 N–H and O–H groups in total. The minimum absolute atomic E-state index is 0.0807. The third-order valence-electron chi connectivity index (χ3n) is 6.00. The molecule has 202 valence electrons. The second-order valence-electron chi connectivity index (χ2n) is 8.61. The van der Waals surface area contributed by atoms with Crippen LogP contribution in [-0.4, -0.2) is 33.6 Å². The van der Waals surface area contributed by atoms with Gasteiger partial charge >= 0.3 is 5.91 Å². The summed E-state index contributed by atoms with van der Waals surface area (Å²) < 4.78 is 19.4. The second-order valence-corrected chi connectivity index (χ2v) is 11.2. The fraction of sp³-hybridized carbons (Fsp3) is 0.103. The van der Waals surface area contributed by atoms with Gasteiger partial charge in [0.2, 0.25) is 5.13 Å². The van der Waals surface area contributed by atoms with Gasteiger partial charge in [0.15, 0.2) is 4.34 Å². The molecular weight excluding hydrogens is 573 g/mol. The van der Waals surface area contributed by atoms with Gasteiger partial charge in [-0.3, -0.25) is 14.5 Å². The molecule has 1 aromatic heterocycles. The van der Waals surface area contributed by atoms with Gasteiger partial charge in [0.1, 0.15) is 23.9 Å². The van der Waals surface area contributed by atoms with Crippen LogP contribution in [0.15, 0.2) is 95.4 Å². The van der Waals surface area contributed by atoms with E-state index in [0.29, 0.717) is 38.6 Å². The van der Waals surface area contributed by atoms with E-state index in [1.165, 1.54) is 28.8 Å². The summed E-state index contributed by atoms with van der Waals surface area (Å²) in [6, 6.07) is 18.4. The zero-order valence-corrected chi connectivity index (χ0v) is 23.2. The van der Waals surface area contributed by atoms with Gasteiger partial charge < -0.3 is 9.84 Å². The molecule has 1 fully saturated rings. The number of aliphatic hydroxyl groups is 1. The van der Waals surface area contributed by atoms with Crippen molar-refractivity contribution in [3.05, 3.63) is 119 Å². The van der Waals surface area contributed by atoms with Crippen molar-refractivity contribution < 1.29 is 23.8 Å². The first-order valence-corrected chi connectivity index (χ1v) is 14.1. The summed E-state index contributed by atoms with van der Waals surface area (Å²) in [5.41, 5.74) is 1.72. The molecule has 3 aromatic carbocycles. The van der Waals surface area contributed by atoms with Crippen LogP contribution in [-0.2, 0) is 15.3 Å². The van der Waals surface area contributed by atoms with Crippen molar-refractivity contribution in [3.63, 3.8) is 0 Å². The number of carbonyl (C=O) groups excluding carboxylic acids is 2. The Morgan fingerprint density at radius 2 is 1.77 bits per heavy atom. The van der Waals surface area contributed by atoms with Crippen LogP contribution in [0.25, 0.3) is 5.76 Å². The van der Waals surface area contributed by atoms with Gasteiger partial charge in [0, 0.05) is 16.3 Å². The van der Waals surface area contributed by atoms with Gasteiger partial charge in [-0.15, -0.1) is 10.2 Å². The number of rotatable bonds is 9. The molecular formula is C29H21ClFN3O4S2. The molecule has 4 aromatic rings. The van der Waals surface area contributed by atoms with E-state index in [2.05, 4.69) is 16.8 Å². The van der Waals surface area contributed by atoms with E-state index < -0.39 is 17.7 Å². The fourth-order valence-corrected chi connectivity index (χ4v) is 6.04. The first-order valence-electron chi connectivity index (χ1n) is 12.0. The van der Waals surface area contributed by atoms with Crippen molar-refractivity contribution in [2.24, 2.45) is 0 Å². The third-order valence-corrected chi connectivity index (χ3v) is 8.38. The highest BCUT2D eigenvalue weighted by molar-refractivity contribution is 8.00. The number of hydrogen-bond donors (Lipinski definition) is 1. The molecule has 0 aliphatic carbocycles. The summed E-state index contributed by atoms with van der Waals surface area (Å²) in [4.78, 5) is 28.0. The number of aromatic nitrogens is 2. The van der Waals surface area contributed by atoms with Crippen LogP contribution in [0.4, 0.5) is 9.52 Å². The van der Waals surface area contributed by atoms with Gasteiger partial charge in [-0.1, -0.05) is 71.6 Å². The molecule has 40 heavy (non-hydrogen) atoms. The van der Waals surface area contributed by atoms with Crippen LogP contribution >= 0.6 is 34.7 Å². The number of amides is 1. The third kappa shape index (κ3) is 5.79. The quantitative estimate of drug-likeness (QED) is 0.0569. The predicted octanol–water partition coefficient (Wildman–Crippen LogP) is 6.81. The molecule has 2 heterocycles. The SMILES string of the molecule is C=CCOc1ccc(C2/C(=C(/O)c3ccc(Cl)cc3)C(=O)C(=O)N2c2nnc(SCc3ccc(F)cc3)s2)cc1. The topological polar surface area (TPSA) is 92.6 Å². The van der Waals surface area contributed by atoms with Gasteiger partial charge in [0.25, 0.3) is 5.78 Å². The van der Waals surface area contributed by atoms with Crippen molar-refractivity contribution in [1.82, 2.24) is 10.2 Å². The minimum atomic E-state index is -0.966. The molecule has 11 heteroatoms. The highest BCUT2D eigenvalue weighted by Crippen LogP contribution is 2.44. The molecule has 1 saturated heterocycles. The average molecular weight is 594 g/mol. The van der Waals surface area contributed by atoms with Crippen molar-refractivity contribution in [3.8, 4) is 5.75 Å². The molecule has 5 rings (SSSR count). The lowest BCUT2D eigenvalue weighted by atomic mass is 9.95. The molecule has 0 radical (unpaired) electrons. The van der Waals surface area contributed by atoms with E-state index in [1.807, 2.05) is 0 Å².